The van der Waals surface area contributed by atoms with E-state index >= 15 is 0 Å². The maximum Gasteiger partial charge on any atom is 0.165 e. The molecule has 3 heterocycles. The van der Waals surface area contributed by atoms with Gasteiger partial charge in [0.2, 0.25) is 0 Å². The Morgan fingerprint density at radius 3 is 2.47 bits per heavy atom. The summed E-state index contributed by atoms with van der Waals surface area (Å²) in [5.74, 6) is 0.637. The minimum Gasteiger partial charge on any atom is -0.393 e. The predicted molar refractivity (Wildman–Crippen MR) is 127 cm³/mol. The Morgan fingerprint density at radius 2 is 1.81 bits per heavy atom. The van der Waals surface area contributed by atoms with E-state index in [-0.39, 0.29) is 12.5 Å². The van der Waals surface area contributed by atoms with Crippen LogP contribution in [0, 0.1) is 0 Å². The van der Waals surface area contributed by atoms with Crippen molar-refractivity contribution in [1.82, 2.24) is 19.6 Å². The Labute approximate surface area is 194 Å². The highest BCUT2D eigenvalue weighted by atomic mass is 79.9. The zero-order chi connectivity index (χ0) is 22.3. The molecule has 4 aromatic rings. The lowest BCUT2D eigenvalue weighted by atomic mass is 9.78. The van der Waals surface area contributed by atoms with Gasteiger partial charge in [0.1, 0.15) is 5.82 Å². The molecule has 0 atom stereocenters. The Bertz CT molecular complexity index is 1250. The van der Waals surface area contributed by atoms with Crippen LogP contribution in [0.5, 0.6) is 0 Å². The van der Waals surface area contributed by atoms with E-state index in [4.69, 9.17) is 10.7 Å². The first-order valence-corrected chi connectivity index (χ1v) is 11.5. The SMILES string of the molecule is Nc1c(Br)c(C2CCC(O)(CO)CC2)nc2c(-c3ccc(-c4ccccc4)nc3)cnn12. The molecule has 1 aliphatic carbocycles. The van der Waals surface area contributed by atoms with Crippen molar-refractivity contribution in [2.45, 2.75) is 37.2 Å². The average Bonchev–Trinajstić information content (AvgIpc) is 3.27. The van der Waals surface area contributed by atoms with Crippen molar-refractivity contribution in [2.24, 2.45) is 0 Å². The quantitative estimate of drug-likeness (QED) is 0.393. The lowest BCUT2D eigenvalue weighted by molar-refractivity contribution is -0.0458. The highest BCUT2D eigenvalue weighted by Gasteiger charge is 2.35. The number of anilines is 1. The minimum atomic E-state index is -0.993. The molecule has 1 saturated carbocycles. The Kier molecular flexibility index (Phi) is 5.44. The van der Waals surface area contributed by atoms with Crippen molar-refractivity contribution in [1.29, 1.82) is 0 Å². The van der Waals surface area contributed by atoms with Crippen LogP contribution in [0.4, 0.5) is 5.82 Å². The summed E-state index contributed by atoms with van der Waals surface area (Å²) in [5.41, 5.74) is 10.7. The molecule has 1 aliphatic rings. The first-order valence-electron chi connectivity index (χ1n) is 10.7. The van der Waals surface area contributed by atoms with Gasteiger partial charge >= 0.3 is 0 Å². The molecule has 0 aliphatic heterocycles. The van der Waals surface area contributed by atoms with E-state index in [2.05, 4.69) is 26.0 Å². The van der Waals surface area contributed by atoms with Gasteiger partial charge in [-0.3, -0.25) is 4.98 Å². The van der Waals surface area contributed by atoms with Crippen LogP contribution in [-0.4, -0.2) is 42.0 Å². The van der Waals surface area contributed by atoms with Gasteiger partial charge < -0.3 is 15.9 Å². The molecule has 5 rings (SSSR count). The molecule has 0 bridgehead atoms. The second-order valence-electron chi connectivity index (χ2n) is 8.44. The van der Waals surface area contributed by atoms with Gasteiger partial charge in [0.15, 0.2) is 5.65 Å². The number of halogens is 1. The number of nitrogens with zero attached hydrogens (tertiary/aromatic N) is 4. The van der Waals surface area contributed by atoms with Crippen molar-refractivity contribution < 1.29 is 10.2 Å². The second-order valence-corrected chi connectivity index (χ2v) is 9.24. The number of aromatic nitrogens is 4. The maximum atomic E-state index is 10.4. The third-order valence-corrected chi connectivity index (χ3v) is 7.20. The molecular weight excluding hydrogens is 470 g/mol. The lowest BCUT2D eigenvalue weighted by Gasteiger charge is -2.34. The molecule has 3 aromatic heterocycles. The molecule has 4 N–H and O–H groups in total. The molecule has 7 nitrogen and oxygen atoms in total. The number of fused-ring (bicyclic) bond motifs is 1. The third-order valence-electron chi connectivity index (χ3n) is 6.39. The largest absolute Gasteiger partial charge is 0.393 e. The van der Waals surface area contributed by atoms with Gasteiger partial charge in [-0.15, -0.1) is 0 Å². The summed E-state index contributed by atoms with van der Waals surface area (Å²) in [6.45, 7) is -0.214. The van der Waals surface area contributed by atoms with Crippen LogP contribution in [0.3, 0.4) is 0 Å². The number of aliphatic hydroxyl groups is 2. The fourth-order valence-electron chi connectivity index (χ4n) is 4.41. The molecule has 0 amide bonds. The van der Waals surface area contributed by atoms with Gasteiger partial charge in [0, 0.05) is 28.8 Å². The van der Waals surface area contributed by atoms with Gasteiger partial charge in [-0.05, 0) is 47.7 Å². The van der Waals surface area contributed by atoms with Crippen LogP contribution in [0.2, 0.25) is 0 Å². The fraction of sp³-hybridized carbons (Fsp3) is 0.292. The van der Waals surface area contributed by atoms with Crippen LogP contribution in [0.15, 0.2) is 59.3 Å². The number of aliphatic hydroxyl groups excluding tert-OH is 1. The van der Waals surface area contributed by atoms with Crippen LogP contribution in [-0.2, 0) is 0 Å². The smallest absolute Gasteiger partial charge is 0.165 e. The minimum absolute atomic E-state index is 0.143. The summed E-state index contributed by atoms with van der Waals surface area (Å²) >= 11 is 3.61. The highest BCUT2D eigenvalue weighted by Crippen LogP contribution is 2.41. The van der Waals surface area contributed by atoms with Crippen molar-refractivity contribution in [3.05, 3.63) is 65.0 Å². The molecule has 8 heteroatoms. The number of hydrogen-bond donors (Lipinski definition) is 3. The van der Waals surface area contributed by atoms with Crippen LogP contribution < -0.4 is 5.73 Å². The van der Waals surface area contributed by atoms with Crippen molar-refractivity contribution in [3.8, 4) is 22.4 Å². The standard InChI is InChI=1S/C24H24BrN5O2/c25-20-21(16-8-10-24(32,14-31)11-9-16)29-23-18(13-28-30(23)22(20)26)17-6-7-19(27-12-17)15-4-2-1-3-5-15/h1-7,12-13,16,31-32H,8-11,14,26H2. The molecule has 32 heavy (non-hydrogen) atoms. The monoisotopic (exact) mass is 493 g/mol. The van der Waals surface area contributed by atoms with Crippen LogP contribution in [0.1, 0.15) is 37.3 Å². The van der Waals surface area contributed by atoms with Gasteiger partial charge in [-0.1, -0.05) is 36.4 Å². The van der Waals surface area contributed by atoms with E-state index in [1.165, 1.54) is 0 Å². The van der Waals surface area contributed by atoms with Gasteiger partial charge in [0.25, 0.3) is 0 Å². The van der Waals surface area contributed by atoms with Crippen molar-refractivity contribution in [3.63, 3.8) is 0 Å². The molecule has 1 aromatic carbocycles. The average molecular weight is 494 g/mol. The number of benzene rings is 1. The Morgan fingerprint density at radius 1 is 1.06 bits per heavy atom. The molecule has 0 spiro atoms. The summed E-state index contributed by atoms with van der Waals surface area (Å²) in [6.07, 6.45) is 6.12. The van der Waals surface area contributed by atoms with Crippen LogP contribution in [0.25, 0.3) is 28.0 Å². The maximum absolute atomic E-state index is 10.4. The van der Waals surface area contributed by atoms with E-state index in [9.17, 15) is 10.2 Å². The second kappa shape index (κ2) is 8.27. The first kappa shape index (κ1) is 21.1. The van der Waals surface area contributed by atoms with Gasteiger partial charge in [-0.2, -0.15) is 9.61 Å². The molecular formula is C24H24BrN5O2. The fourth-order valence-corrected chi connectivity index (χ4v) is 4.99. The Hall–Kier alpha value is -2.81. The molecule has 1 fully saturated rings. The molecule has 0 unspecified atom stereocenters. The molecule has 0 saturated heterocycles. The van der Waals surface area contributed by atoms with Crippen molar-refractivity contribution in [2.75, 3.05) is 12.3 Å². The summed E-state index contributed by atoms with van der Waals surface area (Å²) in [4.78, 5) is 9.58. The van der Waals surface area contributed by atoms with Crippen LogP contribution >= 0.6 is 15.9 Å². The normalized spacial score (nSPS) is 21.2. The van der Waals surface area contributed by atoms with Crippen molar-refractivity contribution >= 4 is 27.4 Å². The number of rotatable bonds is 4. The van der Waals surface area contributed by atoms with E-state index in [0.717, 1.165) is 45.4 Å². The zero-order valence-electron chi connectivity index (χ0n) is 17.4. The van der Waals surface area contributed by atoms with E-state index < -0.39 is 5.60 Å². The lowest BCUT2D eigenvalue weighted by Crippen LogP contribution is -2.37. The summed E-state index contributed by atoms with van der Waals surface area (Å²) in [6, 6.07) is 14.1. The van der Waals surface area contributed by atoms with E-state index in [1.54, 1.807) is 10.7 Å². The topological polar surface area (TPSA) is 110 Å². The zero-order valence-corrected chi connectivity index (χ0v) is 19.0. The number of nitrogen functional groups attached to an aromatic ring is 1. The summed E-state index contributed by atoms with van der Waals surface area (Å²) in [7, 11) is 0. The number of pyridine rings is 1. The first-order chi connectivity index (χ1) is 15.5. The van der Waals surface area contributed by atoms with Gasteiger partial charge in [-0.25, -0.2) is 4.98 Å². The number of nitrogens with two attached hydrogens (primary N) is 1. The predicted octanol–water partition coefficient (Wildman–Crippen LogP) is 4.18. The van der Waals surface area contributed by atoms with E-state index in [1.807, 2.05) is 48.7 Å². The Balaban J connectivity index is 1.52. The number of hydrogen-bond acceptors (Lipinski definition) is 6. The third kappa shape index (κ3) is 3.68. The summed E-state index contributed by atoms with van der Waals surface area (Å²) < 4.78 is 2.37. The molecule has 0 radical (unpaired) electrons. The summed E-state index contributed by atoms with van der Waals surface area (Å²) in [5, 5.41) is 24.3. The van der Waals surface area contributed by atoms with E-state index in [0.29, 0.717) is 24.3 Å². The van der Waals surface area contributed by atoms with Gasteiger partial charge in [0.05, 0.1) is 34.3 Å². The molecule has 164 valence electrons. The highest BCUT2D eigenvalue weighted by molar-refractivity contribution is 9.10.